The highest BCUT2D eigenvalue weighted by Crippen LogP contribution is 2.30. The Morgan fingerprint density at radius 3 is 2.57 bits per heavy atom. The van der Waals surface area contributed by atoms with Gasteiger partial charge in [-0.2, -0.15) is 4.31 Å². The van der Waals surface area contributed by atoms with Gasteiger partial charge in [-0.05, 0) is 74.4 Å². The number of thiophene rings is 1. The molecule has 2 heterocycles. The average molecular weight is 467 g/mol. The molecule has 2 aromatic rings. The van der Waals surface area contributed by atoms with Gasteiger partial charge in [0, 0.05) is 30.4 Å². The lowest BCUT2D eigenvalue weighted by molar-refractivity contribution is -0.137. The number of rotatable bonds is 6. The highest BCUT2D eigenvalue weighted by molar-refractivity contribution is 7.89. The first-order chi connectivity index (χ1) is 14.4. The Labute approximate surface area is 187 Å². The predicted molar refractivity (Wildman–Crippen MR) is 120 cm³/mol. The number of hydrogen-bond donors (Lipinski definition) is 0. The summed E-state index contributed by atoms with van der Waals surface area (Å²) in [5.74, 6) is -0.0246. The van der Waals surface area contributed by atoms with Crippen LogP contribution < -0.4 is 0 Å². The Morgan fingerprint density at radius 2 is 1.90 bits per heavy atom. The zero-order valence-electron chi connectivity index (χ0n) is 17.1. The minimum atomic E-state index is -3.51. The van der Waals surface area contributed by atoms with Crippen molar-refractivity contribution in [2.24, 2.45) is 5.92 Å². The van der Waals surface area contributed by atoms with Crippen LogP contribution in [0.4, 0.5) is 0 Å². The van der Waals surface area contributed by atoms with Gasteiger partial charge in [-0.25, -0.2) is 8.42 Å². The van der Waals surface area contributed by atoms with E-state index in [2.05, 4.69) is 0 Å². The van der Waals surface area contributed by atoms with Crippen LogP contribution in [-0.4, -0.2) is 43.2 Å². The summed E-state index contributed by atoms with van der Waals surface area (Å²) in [6, 6.07) is 9.35. The van der Waals surface area contributed by atoms with Gasteiger partial charge < -0.3 is 4.90 Å². The second-order valence-electron chi connectivity index (χ2n) is 8.02. The molecule has 2 aliphatic rings. The molecule has 5 nitrogen and oxygen atoms in total. The van der Waals surface area contributed by atoms with Crippen LogP contribution in [0, 0.1) is 5.92 Å². The van der Waals surface area contributed by atoms with Gasteiger partial charge >= 0.3 is 0 Å². The second kappa shape index (κ2) is 8.99. The number of carbonyl (C=O) groups is 1. The van der Waals surface area contributed by atoms with Gasteiger partial charge in [0.25, 0.3) is 0 Å². The van der Waals surface area contributed by atoms with Crippen LogP contribution in [0.2, 0.25) is 4.34 Å². The summed E-state index contributed by atoms with van der Waals surface area (Å²) in [7, 11) is -3.51. The highest BCUT2D eigenvalue weighted by Gasteiger charge is 2.34. The smallest absolute Gasteiger partial charge is 0.243 e. The lowest BCUT2D eigenvalue weighted by Gasteiger charge is -2.33. The first kappa shape index (κ1) is 21.8. The number of sulfonamides is 1. The van der Waals surface area contributed by atoms with Crippen LogP contribution in [-0.2, 0) is 34.2 Å². The molecule has 0 N–H and O–H groups in total. The topological polar surface area (TPSA) is 57.7 Å². The maximum atomic E-state index is 13.1. The van der Waals surface area contributed by atoms with Crippen LogP contribution in [0.3, 0.4) is 0 Å². The Morgan fingerprint density at radius 1 is 1.17 bits per heavy atom. The molecule has 0 radical (unpaired) electrons. The van der Waals surface area contributed by atoms with Crippen molar-refractivity contribution < 1.29 is 13.2 Å². The Hall–Kier alpha value is -1.41. The normalized spacial score (nSPS) is 17.8. The molecule has 1 saturated heterocycles. The zero-order valence-corrected chi connectivity index (χ0v) is 19.5. The number of fused-ring (bicyclic) bond motifs is 1. The van der Waals surface area contributed by atoms with Crippen molar-refractivity contribution in [1.29, 1.82) is 0 Å². The van der Waals surface area contributed by atoms with E-state index in [0.717, 1.165) is 34.0 Å². The van der Waals surface area contributed by atoms with Gasteiger partial charge in [0.15, 0.2) is 0 Å². The maximum absolute atomic E-state index is 13.1. The zero-order chi connectivity index (χ0) is 21.3. The molecule has 1 fully saturated rings. The molecule has 1 aliphatic carbocycles. The van der Waals surface area contributed by atoms with E-state index in [1.165, 1.54) is 16.9 Å². The summed E-state index contributed by atoms with van der Waals surface area (Å²) in [5, 5.41) is 0. The maximum Gasteiger partial charge on any atom is 0.243 e. The monoisotopic (exact) mass is 466 g/mol. The van der Waals surface area contributed by atoms with Gasteiger partial charge in [-0.3, -0.25) is 4.79 Å². The van der Waals surface area contributed by atoms with Crippen LogP contribution >= 0.6 is 22.9 Å². The molecule has 0 unspecified atom stereocenters. The number of aryl methyl sites for hydroxylation is 2. The lowest BCUT2D eigenvalue weighted by atomic mass is 9.96. The fraction of sp³-hybridized carbons (Fsp3) is 0.500. The Balaban J connectivity index is 1.39. The van der Waals surface area contributed by atoms with E-state index < -0.39 is 10.0 Å². The molecule has 0 atom stereocenters. The van der Waals surface area contributed by atoms with E-state index in [0.29, 0.717) is 43.9 Å². The molecular weight excluding hydrogens is 440 g/mol. The summed E-state index contributed by atoms with van der Waals surface area (Å²) in [6.07, 6.45) is 4.21. The van der Waals surface area contributed by atoms with Gasteiger partial charge in [0.2, 0.25) is 15.9 Å². The minimum absolute atomic E-state index is 0.108. The Kier molecular flexibility index (Phi) is 6.53. The second-order valence-corrected chi connectivity index (χ2v) is 11.8. The number of nitrogens with zero attached hydrogens (tertiary/aromatic N) is 2. The summed E-state index contributed by atoms with van der Waals surface area (Å²) in [6.45, 7) is 3.93. The molecular formula is C22H27ClN2O3S2. The quantitative estimate of drug-likeness (QED) is 0.636. The molecule has 30 heavy (non-hydrogen) atoms. The van der Waals surface area contributed by atoms with Crippen LogP contribution in [0.1, 0.15) is 42.2 Å². The van der Waals surface area contributed by atoms with E-state index in [1.54, 1.807) is 10.4 Å². The molecule has 4 rings (SSSR count). The van der Waals surface area contributed by atoms with Crippen LogP contribution in [0.5, 0.6) is 0 Å². The molecule has 0 spiro atoms. The molecule has 1 aromatic heterocycles. The SMILES string of the molecule is CCN(Cc1ccc(Cl)s1)C(=O)C1CCN(S(=O)(=O)c2ccc3c(c2)CCC3)CC1. The predicted octanol–water partition coefficient (Wildman–Crippen LogP) is 4.34. The lowest BCUT2D eigenvalue weighted by Crippen LogP contribution is -2.44. The van der Waals surface area contributed by atoms with E-state index in [4.69, 9.17) is 11.6 Å². The summed E-state index contributed by atoms with van der Waals surface area (Å²) >= 11 is 7.50. The highest BCUT2D eigenvalue weighted by atomic mass is 35.5. The van der Waals surface area contributed by atoms with Gasteiger partial charge in [0.1, 0.15) is 0 Å². The average Bonchev–Trinajstić information content (AvgIpc) is 3.39. The van der Waals surface area contributed by atoms with Gasteiger partial charge in [-0.15, -0.1) is 11.3 Å². The van der Waals surface area contributed by atoms with Crippen molar-refractivity contribution >= 4 is 38.9 Å². The van der Waals surface area contributed by atoms with Crippen molar-refractivity contribution in [3.05, 3.63) is 50.7 Å². The van der Waals surface area contributed by atoms with E-state index in [1.807, 2.05) is 36.1 Å². The standard InChI is InChI=1S/C22H27ClN2O3S2/c1-2-24(15-19-7-9-21(23)29-19)22(26)17-10-12-25(13-11-17)30(27,28)20-8-6-16-4-3-5-18(16)14-20/h6-9,14,17H,2-5,10-13,15H2,1H3. The first-order valence-corrected chi connectivity index (χ1v) is 13.2. The van der Waals surface area contributed by atoms with E-state index in [-0.39, 0.29) is 11.8 Å². The van der Waals surface area contributed by atoms with Gasteiger partial charge in [0.05, 0.1) is 15.8 Å². The number of halogens is 1. The van der Waals surface area contributed by atoms with Crippen molar-refractivity contribution in [2.75, 3.05) is 19.6 Å². The number of amides is 1. The van der Waals surface area contributed by atoms with Crippen molar-refractivity contribution in [2.45, 2.75) is 50.5 Å². The first-order valence-electron chi connectivity index (χ1n) is 10.5. The summed E-state index contributed by atoms with van der Waals surface area (Å²) in [5.41, 5.74) is 2.43. The largest absolute Gasteiger partial charge is 0.338 e. The number of carbonyl (C=O) groups excluding carboxylic acids is 1. The number of hydrogen-bond acceptors (Lipinski definition) is 4. The third-order valence-corrected chi connectivity index (χ3v) is 9.29. The van der Waals surface area contributed by atoms with Crippen molar-refractivity contribution in [3.8, 4) is 0 Å². The van der Waals surface area contributed by atoms with Crippen molar-refractivity contribution in [1.82, 2.24) is 9.21 Å². The molecule has 1 aliphatic heterocycles. The fourth-order valence-electron chi connectivity index (χ4n) is 4.43. The Bertz CT molecular complexity index is 1030. The molecule has 1 aromatic carbocycles. The number of benzene rings is 1. The summed E-state index contributed by atoms with van der Waals surface area (Å²) < 4.78 is 28.5. The molecule has 0 bridgehead atoms. The third kappa shape index (κ3) is 4.44. The fourth-order valence-corrected chi connectivity index (χ4v) is 7.05. The van der Waals surface area contributed by atoms with E-state index >= 15 is 0 Å². The van der Waals surface area contributed by atoms with Crippen molar-refractivity contribution in [3.63, 3.8) is 0 Å². The van der Waals surface area contributed by atoms with E-state index in [9.17, 15) is 13.2 Å². The number of piperidine rings is 1. The molecule has 0 saturated carbocycles. The van der Waals surface area contributed by atoms with Crippen LogP contribution in [0.25, 0.3) is 0 Å². The van der Waals surface area contributed by atoms with Gasteiger partial charge in [-0.1, -0.05) is 17.7 Å². The molecule has 8 heteroatoms. The third-order valence-electron chi connectivity index (χ3n) is 6.18. The minimum Gasteiger partial charge on any atom is -0.338 e. The molecule has 1 amide bonds. The summed E-state index contributed by atoms with van der Waals surface area (Å²) in [4.78, 5) is 16.3. The molecule has 162 valence electrons. The van der Waals surface area contributed by atoms with Crippen LogP contribution in [0.15, 0.2) is 35.2 Å².